The average Bonchev–Trinajstić information content (AvgIpc) is 2.66. The molecule has 2 aliphatic rings. The lowest BCUT2D eigenvalue weighted by Crippen LogP contribution is -2.61. The molecule has 1 saturated carbocycles. The molecule has 32 heavy (non-hydrogen) atoms. The second-order valence-corrected chi connectivity index (χ2v) is 11.2. The largest absolute Gasteiger partial charge is 0.386 e. The third-order valence-corrected chi connectivity index (χ3v) is 9.33. The normalized spacial score (nSPS) is 26.7. The van der Waals surface area contributed by atoms with Gasteiger partial charge in [-0.3, -0.25) is 18.9 Å². The predicted octanol–water partition coefficient (Wildman–Crippen LogP) is 4.99. The van der Waals surface area contributed by atoms with E-state index >= 15 is 4.39 Å². The first-order chi connectivity index (χ1) is 14.9. The molecule has 0 saturated heterocycles. The monoisotopic (exact) mass is 484 g/mol. The molecule has 2 aromatic rings. The maximum atomic E-state index is 15.6. The highest BCUT2D eigenvalue weighted by Gasteiger charge is 2.63. The van der Waals surface area contributed by atoms with Crippen LogP contribution in [-0.4, -0.2) is 36.1 Å². The number of hydrogen-bond acceptors (Lipinski definition) is 6. The Hall–Kier alpha value is -2.27. The molecule has 172 valence electrons. The van der Waals surface area contributed by atoms with Gasteiger partial charge < -0.3 is 11.1 Å². The fourth-order valence-corrected chi connectivity index (χ4v) is 6.94. The first-order valence-electron chi connectivity index (χ1n) is 9.92. The van der Waals surface area contributed by atoms with Gasteiger partial charge in [0, 0.05) is 17.4 Å². The van der Waals surface area contributed by atoms with Crippen molar-refractivity contribution in [1.82, 2.24) is 4.98 Å². The van der Waals surface area contributed by atoms with Gasteiger partial charge in [-0.05, 0) is 62.9 Å². The number of carbonyl (C=O) groups is 1. The number of pyridine rings is 1. The Bertz CT molecular complexity index is 1140. The predicted molar refractivity (Wildman–Crippen MR) is 122 cm³/mol. The van der Waals surface area contributed by atoms with E-state index in [0.29, 0.717) is 29.8 Å². The molecule has 1 aliphatic carbocycles. The maximum absolute atomic E-state index is 15.6. The van der Waals surface area contributed by atoms with Gasteiger partial charge in [-0.25, -0.2) is 13.8 Å². The van der Waals surface area contributed by atoms with Crippen LogP contribution in [0.4, 0.5) is 14.5 Å². The summed E-state index contributed by atoms with van der Waals surface area (Å²) >= 11 is 5.87. The minimum Gasteiger partial charge on any atom is -0.386 e. The summed E-state index contributed by atoms with van der Waals surface area (Å²) in [5.41, 5.74) is 2.38. The maximum Gasteiger partial charge on any atom is 0.274 e. The van der Waals surface area contributed by atoms with Crippen LogP contribution in [0.3, 0.4) is 0 Å². The Morgan fingerprint density at radius 3 is 2.62 bits per heavy atom. The van der Waals surface area contributed by atoms with E-state index in [1.165, 1.54) is 25.3 Å². The molecule has 11 heteroatoms. The second kappa shape index (κ2) is 7.65. The van der Waals surface area contributed by atoms with Gasteiger partial charge in [-0.15, -0.1) is 10.6 Å². The lowest BCUT2D eigenvalue weighted by molar-refractivity contribution is 0.102. The quantitative estimate of drug-likeness (QED) is 0.489. The number of anilines is 1. The second-order valence-electron chi connectivity index (χ2n) is 8.37. The Morgan fingerprint density at radius 1 is 1.34 bits per heavy atom. The van der Waals surface area contributed by atoms with Gasteiger partial charge in [-0.2, -0.15) is 0 Å². The van der Waals surface area contributed by atoms with Gasteiger partial charge in [0.05, 0.1) is 5.02 Å². The number of carbonyl (C=O) groups excluding carboxylic acids is 1. The number of amides is 1. The summed E-state index contributed by atoms with van der Waals surface area (Å²) in [5, 5.41) is 2.97. The topological polar surface area (TPSA) is 121 Å². The third-order valence-electron chi connectivity index (χ3n) is 6.32. The van der Waals surface area contributed by atoms with Crippen LogP contribution in [0.2, 0.25) is 5.02 Å². The number of alkyl halides is 1. The van der Waals surface area contributed by atoms with Crippen LogP contribution in [0, 0.1) is 12.7 Å². The summed E-state index contributed by atoms with van der Waals surface area (Å²) in [6.07, 6.45) is 2.62. The standard InChI is InChI=1S/C21H23ClF2N4O3S/c1-11-8-12(22)10-26-16(11)17(29)27-13-4-5-15(23)14(9-13)20(2)18(24)32(30,31)21(6-3-7-21)19(25)28-20/h4-5,8-10,18,30-31H,3,6-7H2,1-2H3,(H2,25,28)(H,27,29)/t18-,20+/m0/s1. The number of nitrogens with two attached hydrogens (primary N) is 1. The van der Waals surface area contributed by atoms with Crippen molar-refractivity contribution in [3.8, 4) is 0 Å². The Kier molecular flexibility index (Phi) is 5.48. The zero-order valence-corrected chi connectivity index (χ0v) is 19.0. The summed E-state index contributed by atoms with van der Waals surface area (Å²) in [4.78, 5) is 20.9. The molecule has 0 radical (unpaired) electrons. The SMILES string of the molecule is Cc1cc(Cl)cnc1C(=O)Nc1ccc(F)c([C@@]2(C)N=C(N)C3(CCC3)S(O)(O)[C@@H]2F)c1. The summed E-state index contributed by atoms with van der Waals surface area (Å²) in [5.74, 6) is -1.47. The van der Waals surface area contributed by atoms with E-state index in [0.717, 1.165) is 6.07 Å². The number of nitrogens with one attached hydrogen (secondary N) is 1. The summed E-state index contributed by atoms with van der Waals surface area (Å²) in [6.45, 7) is 2.93. The fourth-order valence-electron chi connectivity index (χ4n) is 4.27. The smallest absolute Gasteiger partial charge is 0.274 e. The average molecular weight is 485 g/mol. The summed E-state index contributed by atoms with van der Waals surface area (Å²) in [7, 11) is -3.87. The minimum absolute atomic E-state index is 0.0880. The lowest BCUT2D eigenvalue weighted by atomic mass is 9.82. The van der Waals surface area contributed by atoms with Crippen molar-refractivity contribution in [3.05, 3.63) is 58.1 Å². The lowest BCUT2D eigenvalue weighted by Gasteiger charge is -2.61. The van der Waals surface area contributed by atoms with E-state index in [2.05, 4.69) is 15.3 Å². The number of nitrogens with zero attached hydrogens (tertiary/aromatic N) is 2. The Balaban J connectivity index is 1.72. The fraction of sp³-hybridized carbons (Fsp3) is 0.381. The van der Waals surface area contributed by atoms with E-state index in [1.807, 2.05) is 0 Å². The molecule has 1 spiro atoms. The summed E-state index contributed by atoms with van der Waals surface area (Å²) < 4.78 is 50.7. The van der Waals surface area contributed by atoms with Crippen LogP contribution in [-0.2, 0) is 5.54 Å². The highest BCUT2D eigenvalue weighted by atomic mass is 35.5. The molecule has 1 aliphatic heterocycles. The van der Waals surface area contributed by atoms with Crippen molar-refractivity contribution < 1.29 is 22.7 Å². The molecule has 4 rings (SSSR count). The zero-order chi connectivity index (χ0) is 23.5. The van der Waals surface area contributed by atoms with Gasteiger partial charge >= 0.3 is 0 Å². The van der Waals surface area contributed by atoms with Crippen molar-refractivity contribution in [2.75, 3.05) is 5.32 Å². The van der Waals surface area contributed by atoms with Crippen molar-refractivity contribution >= 4 is 39.6 Å². The molecule has 1 aromatic heterocycles. The molecule has 7 nitrogen and oxygen atoms in total. The Morgan fingerprint density at radius 2 is 2.03 bits per heavy atom. The van der Waals surface area contributed by atoms with Crippen LogP contribution in [0.15, 0.2) is 35.5 Å². The first-order valence-corrected chi connectivity index (χ1v) is 11.9. The number of aromatic nitrogens is 1. The molecule has 5 N–H and O–H groups in total. The molecule has 1 fully saturated rings. The molecule has 0 bridgehead atoms. The van der Waals surface area contributed by atoms with Crippen LogP contribution >= 0.6 is 22.2 Å². The molecular formula is C21H23ClF2N4O3S. The van der Waals surface area contributed by atoms with Gasteiger partial charge in [0.15, 0.2) is 0 Å². The molecule has 2 atom stereocenters. The van der Waals surface area contributed by atoms with E-state index < -0.39 is 38.1 Å². The molecule has 0 unspecified atom stereocenters. The summed E-state index contributed by atoms with van der Waals surface area (Å²) in [6, 6.07) is 5.15. The number of rotatable bonds is 3. The molecular weight excluding hydrogens is 462 g/mol. The zero-order valence-electron chi connectivity index (χ0n) is 17.4. The van der Waals surface area contributed by atoms with Gasteiger partial charge in [0.1, 0.15) is 27.6 Å². The van der Waals surface area contributed by atoms with E-state index in [9.17, 15) is 18.3 Å². The number of aryl methyl sites for hydroxylation is 1. The number of hydrogen-bond donors (Lipinski definition) is 4. The van der Waals surface area contributed by atoms with Gasteiger partial charge in [-0.1, -0.05) is 11.6 Å². The van der Waals surface area contributed by atoms with Gasteiger partial charge in [0.25, 0.3) is 5.91 Å². The first kappa shape index (κ1) is 22.9. The van der Waals surface area contributed by atoms with Crippen molar-refractivity contribution in [2.45, 2.75) is 48.9 Å². The van der Waals surface area contributed by atoms with Crippen molar-refractivity contribution in [2.24, 2.45) is 10.7 Å². The molecule has 2 heterocycles. The van der Waals surface area contributed by atoms with E-state index in [4.69, 9.17) is 17.3 Å². The van der Waals surface area contributed by atoms with Crippen LogP contribution in [0.5, 0.6) is 0 Å². The third kappa shape index (κ3) is 3.28. The minimum atomic E-state index is -3.87. The Labute approximate surface area is 190 Å². The van der Waals surface area contributed by atoms with Crippen LogP contribution in [0.1, 0.15) is 47.8 Å². The number of amidine groups is 1. The molecule has 1 aromatic carbocycles. The number of halogens is 3. The molecule has 1 amide bonds. The number of benzene rings is 1. The number of aliphatic imine (C=N–C) groups is 1. The van der Waals surface area contributed by atoms with Crippen LogP contribution in [0.25, 0.3) is 0 Å². The van der Waals surface area contributed by atoms with Crippen molar-refractivity contribution in [3.63, 3.8) is 0 Å². The van der Waals surface area contributed by atoms with Crippen LogP contribution < -0.4 is 11.1 Å². The van der Waals surface area contributed by atoms with Gasteiger partial charge in [0.2, 0.25) is 5.50 Å². The highest BCUT2D eigenvalue weighted by Crippen LogP contribution is 2.70. The van der Waals surface area contributed by atoms with Crippen molar-refractivity contribution in [1.29, 1.82) is 0 Å². The van der Waals surface area contributed by atoms with E-state index in [1.54, 1.807) is 13.0 Å². The highest BCUT2D eigenvalue weighted by molar-refractivity contribution is 8.26. The van der Waals surface area contributed by atoms with E-state index in [-0.39, 0.29) is 22.8 Å².